The Morgan fingerprint density at radius 3 is 2.87 bits per heavy atom. The van der Waals surface area contributed by atoms with Gasteiger partial charge in [0.25, 0.3) is 0 Å². The monoisotopic (exact) mass is 206 g/mol. The highest BCUT2D eigenvalue weighted by molar-refractivity contribution is 5.15. The predicted octanol–water partition coefficient (Wildman–Crippen LogP) is 2.06. The van der Waals surface area contributed by atoms with Crippen LogP contribution < -0.4 is 5.73 Å². The van der Waals surface area contributed by atoms with Gasteiger partial charge in [-0.25, -0.2) is 4.39 Å². The van der Waals surface area contributed by atoms with Crippen LogP contribution in [0.1, 0.15) is 17.3 Å². The van der Waals surface area contributed by atoms with Crippen molar-refractivity contribution in [1.82, 2.24) is 4.98 Å². The van der Waals surface area contributed by atoms with Crippen molar-refractivity contribution in [1.29, 1.82) is 0 Å². The van der Waals surface area contributed by atoms with Gasteiger partial charge in [-0.3, -0.25) is 4.98 Å². The largest absolute Gasteiger partial charge is 0.472 e. The number of rotatable bonds is 3. The first-order chi connectivity index (χ1) is 7.25. The van der Waals surface area contributed by atoms with Crippen LogP contribution in [-0.2, 0) is 6.42 Å². The van der Waals surface area contributed by atoms with E-state index in [2.05, 4.69) is 4.98 Å². The van der Waals surface area contributed by atoms with Crippen LogP contribution in [0.5, 0.6) is 0 Å². The van der Waals surface area contributed by atoms with Crippen LogP contribution in [0, 0.1) is 5.82 Å². The lowest BCUT2D eigenvalue weighted by atomic mass is 10.1. The van der Waals surface area contributed by atoms with Crippen molar-refractivity contribution >= 4 is 0 Å². The molecule has 0 amide bonds. The zero-order valence-electron chi connectivity index (χ0n) is 8.06. The normalized spacial score (nSPS) is 12.7. The van der Waals surface area contributed by atoms with Crippen LogP contribution in [0.25, 0.3) is 0 Å². The van der Waals surface area contributed by atoms with Crippen LogP contribution in [0.2, 0.25) is 0 Å². The number of nitrogens with zero attached hydrogens (tertiary/aromatic N) is 1. The van der Waals surface area contributed by atoms with Crippen molar-refractivity contribution in [2.24, 2.45) is 5.73 Å². The average molecular weight is 206 g/mol. The average Bonchev–Trinajstić information content (AvgIpc) is 2.71. The summed E-state index contributed by atoms with van der Waals surface area (Å²) < 4.78 is 17.5. The Hall–Kier alpha value is -1.68. The second-order valence-corrected chi connectivity index (χ2v) is 3.34. The second kappa shape index (κ2) is 4.23. The third-order valence-corrected chi connectivity index (χ3v) is 2.17. The molecule has 2 aromatic rings. The molecule has 2 N–H and O–H groups in total. The molecule has 0 saturated carbocycles. The lowest BCUT2D eigenvalue weighted by molar-refractivity contribution is 0.560. The summed E-state index contributed by atoms with van der Waals surface area (Å²) in [7, 11) is 0. The minimum Gasteiger partial charge on any atom is -0.472 e. The molecule has 0 radical (unpaired) electrons. The van der Waals surface area contributed by atoms with E-state index in [0.717, 1.165) is 5.56 Å². The Labute approximate surface area is 86.7 Å². The highest BCUT2D eigenvalue weighted by Gasteiger charge is 2.09. The number of furan rings is 1. The maximum Gasteiger partial charge on any atom is 0.141 e. The first kappa shape index (κ1) is 9.86. The van der Waals surface area contributed by atoms with Crippen LogP contribution >= 0.6 is 0 Å². The lowest BCUT2D eigenvalue weighted by Gasteiger charge is -2.08. The molecule has 78 valence electrons. The molecule has 0 aliphatic carbocycles. The van der Waals surface area contributed by atoms with E-state index in [-0.39, 0.29) is 11.9 Å². The minimum atomic E-state index is -0.353. The molecule has 4 heteroatoms. The van der Waals surface area contributed by atoms with Crippen molar-refractivity contribution < 1.29 is 8.81 Å². The van der Waals surface area contributed by atoms with Gasteiger partial charge >= 0.3 is 0 Å². The fraction of sp³-hybridized carbons (Fsp3) is 0.182. The highest BCUT2D eigenvalue weighted by Crippen LogP contribution is 2.14. The van der Waals surface area contributed by atoms with Crippen LogP contribution in [0.3, 0.4) is 0 Å². The van der Waals surface area contributed by atoms with E-state index in [0.29, 0.717) is 12.1 Å². The molecule has 0 aliphatic heterocycles. The number of aromatic nitrogens is 1. The lowest BCUT2D eigenvalue weighted by Crippen LogP contribution is -2.14. The van der Waals surface area contributed by atoms with Gasteiger partial charge in [-0.2, -0.15) is 0 Å². The molecule has 0 aromatic carbocycles. The van der Waals surface area contributed by atoms with Gasteiger partial charge in [0.15, 0.2) is 0 Å². The molecule has 1 atom stereocenters. The van der Waals surface area contributed by atoms with Gasteiger partial charge in [0.1, 0.15) is 5.82 Å². The van der Waals surface area contributed by atoms with E-state index in [1.54, 1.807) is 18.6 Å². The van der Waals surface area contributed by atoms with Crippen LogP contribution in [-0.4, -0.2) is 4.98 Å². The fourth-order valence-corrected chi connectivity index (χ4v) is 1.37. The standard InChI is InChI=1S/C11H11FN2O/c12-9-1-2-11(14-6-9)10(13)5-8-3-4-15-7-8/h1-4,6-7,10H,5,13H2. The molecular weight excluding hydrogens is 195 g/mol. The van der Waals surface area contributed by atoms with Gasteiger partial charge < -0.3 is 10.2 Å². The first-order valence-electron chi connectivity index (χ1n) is 4.64. The van der Waals surface area contributed by atoms with Crippen LogP contribution in [0.15, 0.2) is 41.3 Å². The Balaban J connectivity index is 2.08. The number of hydrogen-bond acceptors (Lipinski definition) is 3. The number of halogens is 1. The smallest absolute Gasteiger partial charge is 0.141 e. The Morgan fingerprint density at radius 2 is 2.27 bits per heavy atom. The first-order valence-corrected chi connectivity index (χ1v) is 4.64. The molecular formula is C11H11FN2O. The summed E-state index contributed by atoms with van der Waals surface area (Å²) >= 11 is 0. The van der Waals surface area contributed by atoms with E-state index in [4.69, 9.17) is 10.2 Å². The van der Waals surface area contributed by atoms with E-state index in [1.807, 2.05) is 6.07 Å². The Morgan fingerprint density at radius 1 is 1.40 bits per heavy atom. The van der Waals surface area contributed by atoms with E-state index in [1.165, 1.54) is 12.3 Å². The molecule has 15 heavy (non-hydrogen) atoms. The van der Waals surface area contributed by atoms with Gasteiger partial charge in [0.05, 0.1) is 30.5 Å². The molecule has 2 aromatic heterocycles. The number of nitrogens with two attached hydrogens (primary N) is 1. The maximum absolute atomic E-state index is 12.6. The van der Waals surface area contributed by atoms with Crippen molar-refractivity contribution in [3.05, 3.63) is 54.0 Å². The minimum absolute atomic E-state index is 0.233. The quantitative estimate of drug-likeness (QED) is 0.836. The third kappa shape index (κ3) is 2.41. The van der Waals surface area contributed by atoms with E-state index >= 15 is 0 Å². The van der Waals surface area contributed by atoms with Gasteiger partial charge in [0.2, 0.25) is 0 Å². The van der Waals surface area contributed by atoms with Crippen molar-refractivity contribution in [3.63, 3.8) is 0 Å². The summed E-state index contributed by atoms with van der Waals surface area (Å²) in [5, 5.41) is 0. The molecule has 1 unspecified atom stereocenters. The highest BCUT2D eigenvalue weighted by atomic mass is 19.1. The summed E-state index contributed by atoms with van der Waals surface area (Å²) in [6.07, 6.45) is 5.04. The van der Waals surface area contributed by atoms with Crippen molar-refractivity contribution in [3.8, 4) is 0 Å². The van der Waals surface area contributed by atoms with E-state index < -0.39 is 0 Å². The van der Waals surface area contributed by atoms with Crippen LogP contribution in [0.4, 0.5) is 4.39 Å². The number of hydrogen-bond donors (Lipinski definition) is 1. The number of pyridine rings is 1. The Kier molecular flexibility index (Phi) is 2.78. The summed E-state index contributed by atoms with van der Waals surface area (Å²) in [6.45, 7) is 0. The zero-order chi connectivity index (χ0) is 10.7. The third-order valence-electron chi connectivity index (χ3n) is 2.17. The van der Waals surface area contributed by atoms with Crippen molar-refractivity contribution in [2.75, 3.05) is 0 Å². The molecule has 0 fully saturated rings. The van der Waals surface area contributed by atoms with Gasteiger partial charge in [-0.15, -0.1) is 0 Å². The summed E-state index contributed by atoms with van der Waals surface area (Å²) in [5.74, 6) is -0.353. The topological polar surface area (TPSA) is 52.0 Å². The summed E-state index contributed by atoms with van der Waals surface area (Å²) in [5.41, 5.74) is 7.60. The fourth-order valence-electron chi connectivity index (χ4n) is 1.37. The molecule has 0 spiro atoms. The Bertz CT molecular complexity index is 411. The van der Waals surface area contributed by atoms with E-state index in [9.17, 15) is 4.39 Å². The predicted molar refractivity (Wildman–Crippen MR) is 53.5 cm³/mol. The molecule has 3 nitrogen and oxygen atoms in total. The summed E-state index contributed by atoms with van der Waals surface area (Å²) in [6, 6.07) is 4.57. The van der Waals surface area contributed by atoms with Crippen molar-refractivity contribution in [2.45, 2.75) is 12.5 Å². The van der Waals surface area contributed by atoms with Gasteiger partial charge in [-0.1, -0.05) is 0 Å². The molecule has 2 heterocycles. The summed E-state index contributed by atoms with van der Waals surface area (Å²) in [4.78, 5) is 3.93. The molecule has 0 aliphatic rings. The maximum atomic E-state index is 12.6. The molecule has 0 saturated heterocycles. The zero-order valence-corrected chi connectivity index (χ0v) is 8.06. The molecule has 0 bridgehead atoms. The second-order valence-electron chi connectivity index (χ2n) is 3.34. The SMILES string of the molecule is NC(Cc1ccoc1)c1ccc(F)cn1. The molecule has 2 rings (SSSR count). The van der Waals surface area contributed by atoms with Gasteiger partial charge in [-0.05, 0) is 30.2 Å². The van der Waals surface area contributed by atoms with Gasteiger partial charge in [0, 0.05) is 0 Å².